The molecule has 4 nitrogen and oxygen atoms in total. The minimum atomic E-state index is 0.132. The van der Waals surface area contributed by atoms with Crippen LogP contribution in [0.1, 0.15) is 13.8 Å². The Balaban J connectivity index is 2.51. The van der Waals surface area contributed by atoms with Crippen molar-refractivity contribution >= 4 is 17.4 Å². The topological polar surface area (TPSA) is 36.4 Å². The van der Waals surface area contributed by atoms with Crippen molar-refractivity contribution in [2.75, 3.05) is 23.4 Å². The number of fused-ring (bicyclic) bond motifs is 1. The van der Waals surface area contributed by atoms with E-state index in [9.17, 15) is 4.79 Å². The Hall–Kier alpha value is -1.58. The maximum atomic E-state index is 11.9. The number of aromatic nitrogens is 1. The molecule has 1 amide bonds. The van der Waals surface area contributed by atoms with Crippen LogP contribution in [0.2, 0.25) is 0 Å². The smallest absolute Gasteiger partial charge is 0.246 e. The Morgan fingerprint density at radius 2 is 2.20 bits per heavy atom. The molecule has 2 rings (SSSR count). The predicted molar refractivity (Wildman–Crippen MR) is 60.1 cm³/mol. The van der Waals surface area contributed by atoms with E-state index in [0.29, 0.717) is 6.54 Å². The Morgan fingerprint density at radius 1 is 1.47 bits per heavy atom. The number of carbonyl (C=O) groups excluding carboxylic acids is 1. The fraction of sp³-hybridized carbons (Fsp3) is 0.455. The molecule has 1 aliphatic heterocycles. The van der Waals surface area contributed by atoms with Crippen LogP contribution in [0.5, 0.6) is 0 Å². The van der Waals surface area contributed by atoms with Gasteiger partial charge in [0.25, 0.3) is 0 Å². The first-order valence-corrected chi connectivity index (χ1v) is 5.09. The summed E-state index contributed by atoms with van der Waals surface area (Å²) in [4.78, 5) is 19.9. The number of amides is 1. The highest BCUT2D eigenvalue weighted by Crippen LogP contribution is 2.31. The van der Waals surface area contributed by atoms with Crippen LogP contribution in [0.25, 0.3) is 0 Å². The van der Waals surface area contributed by atoms with Crippen LogP contribution in [0.15, 0.2) is 18.3 Å². The minimum absolute atomic E-state index is 0.132. The van der Waals surface area contributed by atoms with E-state index in [4.69, 9.17) is 0 Å². The first-order chi connectivity index (χ1) is 7.11. The number of anilines is 2. The van der Waals surface area contributed by atoms with E-state index in [-0.39, 0.29) is 11.9 Å². The third-order valence-corrected chi connectivity index (χ3v) is 2.54. The minimum Gasteiger partial charge on any atom is -0.349 e. The summed E-state index contributed by atoms with van der Waals surface area (Å²) < 4.78 is 0. The van der Waals surface area contributed by atoms with Crippen molar-refractivity contribution in [2.24, 2.45) is 0 Å². The average molecular weight is 205 g/mol. The van der Waals surface area contributed by atoms with Gasteiger partial charge in [-0.2, -0.15) is 0 Å². The highest BCUT2D eigenvalue weighted by molar-refractivity contribution is 6.02. The molecule has 0 aliphatic carbocycles. The summed E-state index contributed by atoms with van der Waals surface area (Å²) in [5.41, 5.74) is 0.909. The third kappa shape index (κ3) is 1.56. The lowest BCUT2D eigenvalue weighted by Gasteiger charge is -2.36. The quantitative estimate of drug-likeness (QED) is 0.692. The molecule has 0 atom stereocenters. The van der Waals surface area contributed by atoms with Gasteiger partial charge in [-0.3, -0.25) is 4.79 Å². The lowest BCUT2D eigenvalue weighted by Crippen LogP contribution is -2.47. The largest absolute Gasteiger partial charge is 0.349 e. The third-order valence-electron chi connectivity index (χ3n) is 2.54. The molecule has 0 saturated carbocycles. The summed E-state index contributed by atoms with van der Waals surface area (Å²) in [5, 5.41) is 0. The van der Waals surface area contributed by atoms with Gasteiger partial charge in [0.15, 0.2) is 5.82 Å². The van der Waals surface area contributed by atoms with Crippen LogP contribution >= 0.6 is 0 Å². The number of pyridine rings is 1. The lowest BCUT2D eigenvalue weighted by molar-refractivity contribution is -0.117. The number of carbonyl (C=O) groups is 1. The van der Waals surface area contributed by atoms with Crippen LogP contribution in [0.4, 0.5) is 11.5 Å². The van der Waals surface area contributed by atoms with E-state index in [2.05, 4.69) is 4.98 Å². The van der Waals surface area contributed by atoms with Gasteiger partial charge in [-0.25, -0.2) is 4.98 Å². The van der Waals surface area contributed by atoms with Gasteiger partial charge < -0.3 is 9.80 Å². The molecule has 0 aromatic carbocycles. The number of hydrogen-bond acceptors (Lipinski definition) is 3. The van der Waals surface area contributed by atoms with Gasteiger partial charge in [0.05, 0.1) is 12.2 Å². The molecule has 4 heteroatoms. The zero-order chi connectivity index (χ0) is 11.0. The molecule has 0 spiro atoms. The lowest BCUT2D eigenvalue weighted by atomic mass is 10.2. The summed E-state index contributed by atoms with van der Waals surface area (Å²) >= 11 is 0. The molecular weight excluding hydrogens is 190 g/mol. The van der Waals surface area contributed by atoms with Crippen molar-refractivity contribution in [1.29, 1.82) is 0 Å². The molecule has 2 heterocycles. The molecule has 0 saturated heterocycles. The van der Waals surface area contributed by atoms with E-state index in [0.717, 1.165) is 11.5 Å². The number of likely N-dealkylation sites (N-methyl/N-ethyl adjacent to an activating group) is 1. The van der Waals surface area contributed by atoms with Gasteiger partial charge in [0.2, 0.25) is 5.91 Å². The highest BCUT2D eigenvalue weighted by atomic mass is 16.2. The highest BCUT2D eigenvalue weighted by Gasteiger charge is 2.29. The van der Waals surface area contributed by atoms with Gasteiger partial charge in [0, 0.05) is 19.3 Å². The van der Waals surface area contributed by atoms with Gasteiger partial charge in [-0.05, 0) is 26.0 Å². The van der Waals surface area contributed by atoms with Gasteiger partial charge in [-0.1, -0.05) is 0 Å². The second-order valence-corrected chi connectivity index (χ2v) is 4.06. The van der Waals surface area contributed by atoms with Crippen LogP contribution in [0, 0.1) is 0 Å². The molecule has 0 N–H and O–H groups in total. The summed E-state index contributed by atoms with van der Waals surface area (Å²) in [6, 6.07) is 3.98. The van der Waals surface area contributed by atoms with Crippen molar-refractivity contribution in [3.63, 3.8) is 0 Å². The van der Waals surface area contributed by atoms with Gasteiger partial charge >= 0.3 is 0 Å². The second kappa shape index (κ2) is 3.53. The normalized spacial score (nSPS) is 15.9. The first-order valence-electron chi connectivity index (χ1n) is 5.09. The van der Waals surface area contributed by atoms with E-state index < -0.39 is 0 Å². The monoisotopic (exact) mass is 205 g/mol. The molecule has 1 aliphatic rings. The first kappa shape index (κ1) is 9.96. The standard InChI is InChI=1S/C11H15N3O/c1-8(2)14-9-5-4-6-12-11(9)13(3)7-10(14)15/h4-6,8H,7H2,1-3H3. The molecule has 0 radical (unpaired) electrons. The van der Waals surface area contributed by atoms with Gasteiger partial charge in [-0.15, -0.1) is 0 Å². The maximum Gasteiger partial charge on any atom is 0.246 e. The van der Waals surface area contributed by atoms with Crippen LogP contribution in [-0.4, -0.2) is 30.5 Å². The number of nitrogens with zero attached hydrogens (tertiary/aromatic N) is 3. The SMILES string of the molecule is CC(C)N1C(=O)CN(C)c2ncccc21. The Bertz CT molecular complexity index is 389. The van der Waals surface area contributed by atoms with Gasteiger partial charge in [0.1, 0.15) is 0 Å². The molecule has 0 fully saturated rings. The summed E-state index contributed by atoms with van der Waals surface area (Å²) in [6.45, 7) is 4.43. The van der Waals surface area contributed by atoms with Crippen molar-refractivity contribution < 1.29 is 4.79 Å². The van der Waals surface area contributed by atoms with E-state index in [1.807, 2.05) is 42.8 Å². The molecule has 0 bridgehead atoms. The van der Waals surface area contributed by atoms with Crippen molar-refractivity contribution in [2.45, 2.75) is 19.9 Å². The zero-order valence-electron chi connectivity index (χ0n) is 9.27. The zero-order valence-corrected chi connectivity index (χ0v) is 9.27. The van der Waals surface area contributed by atoms with Crippen LogP contribution in [-0.2, 0) is 4.79 Å². The average Bonchev–Trinajstić information content (AvgIpc) is 2.17. The Labute approximate surface area is 89.5 Å². The van der Waals surface area contributed by atoms with Crippen molar-refractivity contribution in [1.82, 2.24) is 4.98 Å². The molecule has 15 heavy (non-hydrogen) atoms. The molecule has 1 aromatic rings. The van der Waals surface area contributed by atoms with E-state index >= 15 is 0 Å². The van der Waals surface area contributed by atoms with E-state index in [1.165, 1.54) is 0 Å². The van der Waals surface area contributed by atoms with Crippen LogP contribution < -0.4 is 9.80 Å². The van der Waals surface area contributed by atoms with Crippen LogP contribution in [0.3, 0.4) is 0 Å². The predicted octanol–water partition coefficient (Wildman–Crippen LogP) is 1.27. The molecule has 1 aromatic heterocycles. The summed E-state index contributed by atoms with van der Waals surface area (Å²) in [6.07, 6.45) is 1.75. The number of hydrogen-bond donors (Lipinski definition) is 0. The molecular formula is C11H15N3O. The maximum absolute atomic E-state index is 11.9. The second-order valence-electron chi connectivity index (χ2n) is 4.06. The van der Waals surface area contributed by atoms with E-state index in [1.54, 1.807) is 6.20 Å². The molecule has 0 unspecified atom stereocenters. The summed E-state index contributed by atoms with van der Waals surface area (Å²) in [7, 11) is 1.89. The van der Waals surface area contributed by atoms with Crippen molar-refractivity contribution in [3.05, 3.63) is 18.3 Å². The fourth-order valence-corrected chi connectivity index (χ4v) is 1.93. The summed E-state index contributed by atoms with van der Waals surface area (Å²) in [5.74, 6) is 1.01. The Morgan fingerprint density at radius 3 is 2.87 bits per heavy atom. The Kier molecular flexibility index (Phi) is 2.34. The number of rotatable bonds is 1. The molecule has 80 valence electrons. The fourth-order valence-electron chi connectivity index (χ4n) is 1.93. The van der Waals surface area contributed by atoms with Crippen molar-refractivity contribution in [3.8, 4) is 0 Å².